The third-order valence-electron chi connectivity index (χ3n) is 3.26. The van der Waals surface area contributed by atoms with Crippen LogP contribution < -0.4 is 0 Å². The van der Waals surface area contributed by atoms with E-state index in [4.69, 9.17) is 0 Å². The molecule has 0 aliphatic carbocycles. The summed E-state index contributed by atoms with van der Waals surface area (Å²) in [7, 11) is 0. The Bertz CT molecular complexity index is 146. The van der Waals surface area contributed by atoms with E-state index in [-0.39, 0.29) is 0 Å². The van der Waals surface area contributed by atoms with Crippen molar-refractivity contribution in [2.75, 3.05) is 0 Å². The summed E-state index contributed by atoms with van der Waals surface area (Å²) < 4.78 is 0. The van der Waals surface area contributed by atoms with Crippen molar-refractivity contribution in [3.05, 3.63) is 12.2 Å². The molecule has 16 heavy (non-hydrogen) atoms. The maximum absolute atomic E-state index is 2.41. The van der Waals surface area contributed by atoms with Gasteiger partial charge in [-0.3, -0.25) is 0 Å². The molecule has 0 aromatic heterocycles. The molecule has 0 aromatic carbocycles. The van der Waals surface area contributed by atoms with Gasteiger partial charge in [-0.1, -0.05) is 77.9 Å². The highest BCUT2D eigenvalue weighted by Crippen LogP contribution is 2.15. The van der Waals surface area contributed by atoms with Crippen molar-refractivity contribution in [3.63, 3.8) is 0 Å². The molecule has 0 N–H and O–H groups in total. The zero-order chi connectivity index (χ0) is 12.1. The lowest BCUT2D eigenvalue weighted by atomic mass is 9.97. The third-order valence-corrected chi connectivity index (χ3v) is 3.26. The van der Waals surface area contributed by atoms with Gasteiger partial charge < -0.3 is 0 Å². The Balaban J connectivity index is 3.16. The van der Waals surface area contributed by atoms with Crippen molar-refractivity contribution in [2.45, 2.75) is 85.0 Å². The van der Waals surface area contributed by atoms with E-state index in [2.05, 4.69) is 32.9 Å². The molecule has 0 aliphatic heterocycles. The minimum Gasteiger partial charge on any atom is -0.0885 e. The predicted molar refractivity (Wildman–Crippen MR) is 75.8 cm³/mol. The number of allylic oxidation sites excluding steroid dienone is 2. The molecule has 96 valence electrons. The van der Waals surface area contributed by atoms with E-state index in [1.165, 1.54) is 64.2 Å². The van der Waals surface area contributed by atoms with E-state index >= 15 is 0 Å². The van der Waals surface area contributed by atoms with Crippen LogP contribution in [0.1, 0.15) is 85.0 Å². The first kappa shape index (κ1) is 15.7. The standard InChI is InChI=1S/C16H32/c1-4-6-8-9-10-11-12-13-15-16(3)14-7-5-2/h9-10,16H,4-8,11-15H2,1-3H3. The first-order valence-corrected chi connectivity index (χ1v) is 7.46. The summed E-state index contributed by atoms with van der Waals surface area (Å²) in [4.78, 5) is 0. The van der Waals surface area contributed by atoms with Crippen LogP contribution in [0.3, 0.4) is 0 Å². The summed E-state index contributed by atoms with van der Waals surface area (Å²) in [6.45, 7) is 6.95. The molecule has 0 amide bonds. The molecule has 0 bridgehead atoms. The van der Waals surface area contributed by atoms with Gasteiger partial charge in [-0.15, -0.1) is 0 Å². The first-order valence-electron chi connectivity index (χ1n) is 7.46. The van der Waals surface area contributed by atoms with E-state index in [9.17, 15) is 0 Å². The minimum absolute atomic E-state index is 0.948. The van der Waals surface area contributed by atoms with E-state index in [1.54, 1.807) is 0 Å². The molecule has 1 atom stereocenters. The largest absolute Gasteiger partial charge is 0.0885 e. The van der Waals surface area contributed by atoms with Crippen molar-refractivity contribution in [1.29, 1.82) is 0 Å². The Labute approximate surface area is 104 Å². The molecular weight excluding hydrogens is 192 g/mol. The summed E-state index contributed by atoms with van der Waals surface area (Å²) in [5.74, 6) is 0.948. The van der Waals surface area contributed by atoms with Gasteiger partial charge in [0.2, 0.25) is 0 Å². The third kappa shape index (κ3) is 11.8. The van der Waals surface area contributed by atoms with Crippen molar-refractivity contribution in [1.82, 2.24) is 0 Å². The fourth-order valence-electron chi connectivity index (χ4n) is 2.01. The van der Waals surface area contributed by atoms with E-state index < -0.39 is 0 Å². The molecule has 1 unspecified atom stereocenters. The highest BCUT2D eigenvalue weighted by atomic mass is 14.1. The average Bonchev–Trinajstić information content (AvgIpc) is 2.30. The van der Waals surface area contributed by atoms with Crippen LogP contribution in [0.15, 0.2) is 12.2 Å². The SMILES string of the molecule is CCCCC=CCCCCC(C)CCCC. The summed E-state index contributed by atoms with van der Waals surface area (Å²) in [5.41, 5.74) is 0. The maximum atomic E-state index is 2.41. The molecule has 0 saturated carbocycles. The number of hydrogen-bond acceptors (Lipinski definition) is 0. The van der Waals surface area contributed by atoms with Crippen molar-refractivity contribution in [2.24, 2.45) is 5.92 Å². The van der Waals surface area contributed by atoms with Crippen molar-refractivity contribution < 1.29 is 0 Å². The number of hydrogen-bond donors (Lipinski definition) is 0. The molecule has 0 nitrogen and oxygen atoms in total. The molecule has 0 fully saturated rings. The van der Waals surface area contributed by atoms with Gasteiger partial charge in [-0.25, -0.2) is 0 Å². The van der Waals surface area contributed by atoms with Crippen LogP contribution in [0.5, 0.6) is 0 Å². The monoisotopic (exact) mass is 224 g/mol. The predicted octanol–water partition coefficient (Wildman–Crippen LogP) is 6.12. The van der Waals surface area contributed by atoms with Gasteiger partial charge in [0.1, 0.15) is 0 Å². The lowest BCUT2D eigenvalue weighted by Crippen LogP contribution is -1.94. The van der Waals surface area contributed by atoms with Crippen LogP contribution >= 0.6 is 0 Å². The van der Waals surface area contributed by atoms with Gasteiger partial charge in [0.15, 0.2) is 0 Å². The molecular formula is C16H32. The summed E-state index contributed by atoms with van der Waals surface area (Å²) in [6.07, 6.45) is 18.4. The zero-order valence-corrected chi connectivity index (χ0v) is 11.8. The highest BCUT2D eigenvalue weighted by molar-refractivity contribution is 4.81. The number of unbranched alkanes of at least 4 members (excludes halogenated alkanes) is 5. The lowest BCUT2D eigenvalue weighted by Gasteiger charge is -2.09. The second kappa shape index (κ2) is 12.8. The van der Waals surface area contributed by atoms with Crippen LogP contribution in [-0.4, -0.2) is 0 Å². The smallest absolute Gasteiger partial charge is 0.0351 e. The summed E-state index contributed by atoms with van der Waals surface area (Å²) in [5, 5.41) is 0. The van der Waals surface area contributed by atoms with Gasteiger partial charge >= 0.3 is 0 Å². The fourth-order valence-corrected chi connectivity index (χ4v) is 2.01. The van der Waals surface area contributed by atoms with Crippen LogP contribution in [0.2, 0.25) is 0 Å². The van der Waals surface area contributed by atoms with Gasteiger partial charge in [0.25, 0.3) is 0 Å². The van der Waals surface area contributed by atoms with Gasteiger partial charge in [-0.05, 0) is 25.2 Å². The van der Waals surface area contributed by atoms with Crippen molar-refractivity contribution in [3.8, 4) is 0 Å². The van der Waals surface area contributed by atoms with Crippen LogP contribution in [0, 0.1) is 5.92 Å². The quantitative estimate of drug-likeness (QED) is 0.293. The second-order valence-electron chi connectivity index (χ2n) is 5.15. The normalized spacial score (nSPS) is 13.4. The zero-order valence-electron chi connectivity index (χ0n) is 11.8. The molecule has 0 radical (unpaired) electrons. The Morgan fingerprint density at radius 3 is 1.94 bits per heavy atom. The van der Waals surface area contributed by atoms with E-state index in [1.807, 2.05) is 0 Å². The fraction of sp³-hybridized carbons (Fsp3) is 0.875. The Hall–Kier alpha value is -0.260. The molecule has 0 saturated heterocycles. The molecule has 0 spiro atoms. The van der Waals surface area contributed by atoms with E-state index in [0.29, 0.717) is 0 Å². The van der Waals surface area contributed by atoms with Crippen LogP contribution in [0.25, 0.3) is 0 Å². The lowest BCUT2D eigenvalue weighted by molar-refractivity contribution is 0.450. The first-order chi connectivity index (χ1) is 7.81. The molecule has 0 rings (SSSR count). The summed E-state index contributed by atoms with van der Waals surface area (Å²) in [6, 6.07) is 0. The number of rotatable bonds is 11. The molecule has 0 heteroatoms. The molecule has 0 heterocycles. The Kier molecular flexibility index (Phi) is 12.6. The Morgan fingerprint density at radius 2 is 1.31 bits per heavy atom. The maximum Gasteiger partial charge on any atom is -0.0351 e. The minimum atomic E-state index is 0.948. The molecule has 0 aromatic rings. The van der Waals surface area contributed by atoms with Gasteiger partial charge in [-0.2, -0.15) is 0 Å². The van der Waals surface area contributed by atoms with Crippen molar-refractivity contribution >= 4 is 0 Å². The Morgan fingerprint density at radius 1 is 0.750 bits per heavy atom. The second-order valence-corrected chi connectivity index (χ2v) is 5.15. The van der Waals surface area contributed by atoms with Crippen LogP contribution in [-0.2, 0) is 0 Å². The van der Waals surface area contributed by atoms with Gasteiger partial charge in [0, 0.05) is 0 Å². The van der Waals surface area contributed by atoms with E-state index in [0.717, 1.165) is 5.92 Å². The molecule has 0 aliphatic rings. The summed E-state index contributed by atoms with van der Waals surface area (Å²) >= 11 is 0. The van der Waals surface area contributed by atoms with Crippen LogP contribution in [0.4, 0.5) is 0 Å². The average molecular weight is 224 g/mol. The van der Waals surface area contributed by atoms with Gasteiger partial charge in [0.05, 0.1) is 0 Å². The topological polar surface area (TPSA) is 0 Å². The highest BCUT2D eigenvalue weighted by Gasteiger charge is 2.00.